The van der Waals surface area contributed by atoms with E-state index in [4.69, 9.17) is 0 Å². The minimum absolute atomic E-state index is 0.0385. The van der Waals surface area contributed by atoms with E-state index < -0.39 is 16.4 Å². The molecule has 0 heterocycles. The molecule has 108 valence electrons. The summed E-state index contributed by atoms with van der Waals surface area (Å²) in [7, 11) is 0. The summed E-state index contributed by atoms with van der Waals surface area (Å²) in [6.07, 6.45) is 3.19. The number of hydrogen-bond acceptors (Lipinski definition) is 4. The van der Waals surface area contributed by atoms with Gasteiger partial charge in [-0.1, -0.05) is 18.9 Å². The summed E-state index contributed by atoms with van der Waals surface area (Å²) < 4.78 is 0. The maximum atomic E-state index is 12.1. The van der Waals surface area contributed by atoms with Crippen LogP contribution in [0.15, 0.2) is 18.2 Å². The highest BCUT2D eigenvalue weighted by Crippen LogP contribution is 2.29. The molecule has 1 aliphatic carbocycles. The Morgan fingerprint density at radius 1 is 1.45 bits per heavy atom. The first-order chi connectivity index (χ1) is 9.41. The average molecular weight is 278 g/mol. The van der Waals surface area contributed by atoms with E-state index in [0.29, 0.717) is 12.8 Å². The van der Waals surface area contributed by atoms with E-state index in [1.807, 2.05) is 0 Å². The van der Waals surface area contributed by atoms with Gasteiger partial charge in [0, 0.05) is 12.6 Å². The minimum atomic E-state index is -0.867. The molecule has 1 aromatic rings. The standard InChI is InChI=1S/C14H18N2O4/c1-10-4-5-12(16(19)20)11(8-10)13(17)15-9-14(18)6-2-3-7-14/h4-5,8,18H,2-3,6-7,9H2,1H3,(H,15,17). The lowest BCUT2D eigenvalue weighted by atomic mass is 10.0. The fourth-order valence-corrected chi connectivity index (χ4v) is 2.54. The number of hydrogen-bond donors (Lipinski definition) is 2. The molecule has 0 spiro atoms. The topological polar surface area (TPSA) is 92.5 Å². The fourth-order valence-electron chi connectivity index (χ4n) is 2.54. The van der Waals surface area contributed by atoms with E-state index in [9.17, 15) is 20.0 Å². The van der Waals surface area contributed by atoms with Gasteiger partial charge in [-0.15, -0.1) is 0 Å². The summed E-state index contributed by atoms with van der Waals surface area (Å²) in [6.45, 7) is 1.90. The Balaban J connectivity index is 2.12. The Hall–Kier alpha value is -1.95. The van der Waals surface area contributed by atoms with E-state index in [2.05, 4.69) is 5.32 Å². The molecule has 20 heavy (non-hydrogen) atoms. The van der Waals surface area contributed by atoms with Crippen molar-refractivity contribution < 1.29 is 14.8 Å². The van der Waals surface area contributed by atoms with Crippen molar-refractivity contribution >= 4 is 11.6 Å². The maximum absolute atomic E-state index is 12.1. The van der Waals surface area contributed by atoms with Crippen LogP contribution in [-0.4, -0.2) is 28.1 Å². The molecule has 6 heteroatoms. The minimum Gasteiger partial charge on any atom is -0.388 e. The Morgan fingerprint density at radius 2 is 2.10 bits per heavy atom. The molecule has 0 saturated heterocycles. The van der Waals surface area contributed by atoms with Crippen LogP contribution in [0.2, 0.25) is 0 Å². The normalized spacial score (nSPS) is 16.9. The van der Waals surface area contributed by atoms with E-state index in [1.165, 1.54) is 12.1 Å². The molecule has 1 saturated carbocycles. The number of rotatable bonds is 4. The largest absolute Gasteiger partial charge is 0.388 e. The van der Waals surface area contributed by atoms with Crippen molar-refractivity contribution in [1.29, 1.82) is 0 Å². The summed E-state index contributed by atoms with van der Waals surface area (Å²) in [5.74, 6) is -0.513. The highest BCUT2D eigenvalue weighted by molar-refractivity contribution is 5.98. The van der Waals surface area contributed by atoms with Gasteiger partial charge >= 0.3 is 0 Å². The van der Waals surface area contributed by atoms with Gasteiger partial charge in [-0.3, -0.25) is 14.9 Å². The van der Waals surface area contributed by atoms with E-state index in [1.54, 1.807) is 13.0 Å². The van der Waals surface area contributed by atoms with E-state index in [0.717, 1.165) is 18.4 Å². The summed E-state index contributed by atoms with van der Waals surface area (Å²) in [5, 5.41) is 23.7. The number of nitrogens with one attached hydrogen (secondary N) is 1. The van der Waals surface area contributed by atoms with Gasteiger partial charge in [0.2, 0.25) is 0 Å². The lowest BCUT2D eigenvalue weighted by Crippen LogP contribution is -2.40. The third-order valence-electron chi connectivity index (χ3n) is 3.71. The zero-order valence-electron chi connectivity index (χ0n) is 11.4. The van der Waals surface area contributed by atoms with Crippen LogP contribution in [0.5, 0.6) is 0 Å². The molecular formula is C14H18N2O4. The molecule has 2 rings (SSSR count). The predicted octanol–water partition coefficient (Wildman–Crippen LogP) is 1.94. The van der Waals surface area contributed by atoms with Gasteiger partial charge in [-0.05, 0) is 31.4 Å². The molecule has 0 bridgehead atoms. The van der Waals surface area contributed by atoms with Gasteiger partial charge in [0.25, 0.3) is 11.6 Å². The van der Waals surface area contributed by atoms with Crippen LogP contribution in [0.25, 0.3) is 0 Å². The van der Waals surface area contributed by atoms with Gasteiger partial charge in [0.1, 0.15) is 5.56 Å². The molecule has 1 fully saturated rings. The molecule has 0 aliphatic heterocycles. The van der Waals surface area contributed by atoms with Crippen LogP contribution < -0.4 is 5.32 Å². The molecule has 2 N–H and O–H groups in total. The van der Waals surface area contributed by atoms with Gasteiger partial charge in [-0.2, -0.15) is 0 Å². The average Bonchev–Trinajstić information content (AvgIpc) is 2.83. The maximum Gasteiger partial charge on any atom is 0.282 e. The number of carbonyl (C=O) groups is 1. The van der Waals surface area contributed by atoms with Gasteiger partial charge < -0.3 is 10.4 Å². The second-order valence-electron chi connectivity index (χ2n) is 5.39. The van der Waals surface area contributed by atoms with E-state index in [-0.39, 0.29) is 17.8 Å². The van der Waals surface area contributed by atoms with Gasteiger partial charge in [-0.25, -0.2) is 0 Å². The summed E-state index contributed by atoms with van der Waals surface area (Å²) in [5.41, 5.74) is -0.266. The molecule has 6 nitrogen and oxygen atoms in total. The molecule has 0 atom stereocenters. The predicted molar refractivity (Wildman–Crippen MR) is 73.6 cm³/mol. The van der Waals surface area contributed by atoms with Crippen molar-refractivity contribution in [3.8, 4) is 0 Å². The van der Waals surface area contributed by atoms with Crippen LogP contribution in [-0.2, 0) is 0 Å². The number of benzene rings is 1. The van der Waals surface area contributed by atoms with Crippen molar-refractivity contribution in [2.45, 2.75) is 38.2 Å². The smallest absolute Gasteiger partial charge is 0.282 e. The van der Waals surface area contributed by atoms with Crippen LogP contribution in [0, 0.1) is 17.0 Å². The molecular weight excluding hydrogens is 260 g/mol. The molecule has 0 radical (unpaired) electrons. The zero-order chi connectivity index (χ0) is 14.8. The molecule has 0 unspecified atom stereocenters. The molecule has 1 aromatic carbocycles. The van der Waals surface area contributed by atoms with Crippen molar-refractivity contribution in [3.05, 3.63) is 39.4 Å². The Labute approximate surface area is 117 Å². The Bertz CT molecular complexity index is 536. The highest BCUT2D eigenvalue weighted by atomic mass is 16.6. The number of nitro groups is 1. The quantitative estimate of drug-likeness (QED) is 0.650. The van der Waals surface area contributed by atoms with Crippen LogP contribution in [0.3, 0.4) is 0 Å². The van der Waals surface area contributed by atoms with Gasteiger partial charge in [0.15, 0.2) is 0 Å². The zero-order valence-corrected chi connectivity index (χ0v) is 11.4. The lowest BCUT2D eigenvalue weighted by Gasteiger charge is -2.22. The summed E-state index contributed by atoms with van der Waals surface area (Å²) >= 11 is 0. The highest BCUT2D eigenvalue weighted by Gasteiger charge is 2.32. The van der Waals surface area contributed by atoms with E-state index >= 15 is 0 Å². The monoisotopic (exact) mass is 278 g/mol. The van der Waals surface area contributed by atoms with Crippen molar-refractivity contribution in [1.82, 2.24) is 5.32 Å². The van der Waals surface area contributed by atoms with Crippen molar-refractivity contribution in [2.75, 3.05) is 6.54 Å². The van der Waals surface area contributed by atoms with Crippen LogP contribution in [0.1, 0.15) is 41.6 Å². The van der Waals surface area contributed by atoms with Crippen molar-refractivity contribution in [3.63, 3.8) is 0 Å². The second-order valence-corrected chi connectivity index (χ2v) is 5.39. The molecule has 1 amide bonds. The van der Waals surface area contributed by atoms with Crippen molar-refractivity contribution in [2.24, 2.45) is 0 Å². The first-order valence-corrected chi connectivity index (χ1v) is 6.67. The number of aliphatic hydroxyl groups is 1. The SMILES string of the molecule is Cc1ccc([N+](=O)[O-])c(C(=O)NCC2(O)CCCC2)c1. The van der Waals surface area contributed by atoms with Crippen LogP contribution in [0.4, 0.5) is 5.69 Å². The second kappa shape index (κ2) is 5.58. The number of nitro benzene ring substituents is 1. The first-order valence-electron chi connectivity index (χ1n) is 6.67. The number of amides is 1. The van der Waals surface area contributed by atoms with Crippen LogP contribution >= 0.6 is 0 Å². The number of aryl methyl sites for hydroxylation is 1. The Kier molecular flexibility index (Phi) is 4.04. The van der Waals surface area contributed by atoms with Gasteiger partial charge in [0.05, 0.1) is 10.5 Å². The number of carbonyl (C=O) groups excluding carboxylic acids is 1. The Morgan fingerprint density at radius 3 is 2.70 bits per heavy atom. The first kappa shape index (κ1) is 14.5. The number of nitrogens with zero attached hydrogens (tertiary/aromatic N) is 1. The lowest BCUT2D eigenvalue weighted by molar-refractivity contribution is -0.385. The third kappa shape index (κ3) is 3.14. The fraction of sp³-hybridized carbons (Fsp3) is 0.500. The molecule has 1 aliphatic rings. The summed E-state index contributed by atoms with van der Waals surface area (Å²) in [6, 6.07) is 4.42. The molecule has 0 aromatic heterocycles. The third-order valence-corrected chi connectivity index (χ3v) is 3.71. The summed E-state index contributed by atoms with van der Waals surface area (Å²) in [4.78, 5) is 22.5.